The number of anilines is 1. The van der Waals surface area contributed by atoms with Gasteiger partial charge in [-0.15, -0.1) is 12.4 Å². The van der Waals surface area contributed by atoms with E-state index in [0.717, 1.165) is 67.9 Å². The Hall–Kier alpha value is -2.19. The Morgan fingerprint density at radius 2 is 2.19 bits per heavy atom. The number of carbonyl (C=O) groups excluding carboxylic acids is 1. The summed E-state index contributed by atoms with van der Waals surface area (Å²) in [6.07, 6.45) is 8.01. The molecular formula is C17H23ClN6O2. The zero-order valence-corrected chi connectivity index (χ0v) is 15.3. The molecule has 9 heteroatoms. The van der Waals surface area contributed by atoms with Crippen LogP contribution < -0.4 is 16.0 Å². The Kier molecular flexibility index (Phi) is 6.05. The molecule has 2 aliphatic rings. The topological polar surface area (TPSA) is 105 Å². The Morgan fingerprint density at radius 3 is 3.04 bits per heavy atom. The number of hydrogen-bond donors (Lipinski definition) is 3. The Bertz CT molecular complexity index is 759. The summed E-state index contributed by atoms with van der Waals surface area (Å²) in [5.74, 6) is 2.19. The first-order chi connectivity index (χ1) is 12.3. The van der Waals surface area contributed by atoms with Crippen LogP contribution in [0.25, 0.3) is 0 Å². The minimum absolute atomic E-state index is 0. The van der Waals surface area contributed by atoms with Gasteiger partial charge in [-0.25, -0.2) is 14.8 Å². The Morgan fingerprint density at radius 1 is 1.31 bits per heavy atom. The van der Waals surface area contributed by atoms with Gasteiger partial charge < -0.3 is 15.2 Å². The maximum Gasteiger partial charge on any atom is 0.320 e. The van der Waals surface area contributed by atoms with Crippen molar-refractivity contribution in [2.45, 2.75) is 51.1 Å². The molecule has 0 radical (unpaired) electrons. The summed E-state index contributed by atoms with van der Waals surface area (Å²) < 4.78 is 5.36. The minimum atomic E-state index is -0.309. The molecule has 0 bridgehead atoms. The number of urea groups is 1. The van der Waals surface area contributed by atoms with Crippen LogP contribution >= 0.6 is 12.4 Å². The lowest BCUT2D eigenvalue weighted by atomic mass is 9.96. The van der Waals surface area contributed by atoms with Gasteiger partial charge in [0.2, 0.25) is 0 Å². The summed E-state index contributed by atoms with van der Waals surface area (Å²) in [5.41, 5.74) is 1.98. The van der Waals surface area contributed by atoms with E-state index in [2.05, 4.69) is 31.1 Å². The van der Waals surface area contributed by atoms with E-state index in [0.29, 0.717) is 12.4 Å². The third-order valence-electron chi connectivity index (χ3n) is 4.74. The first-order valence-corrected chi connectivity index (χ1v) is 8.87. The van der Waals surface area contributed by atoms with E-state index in [-0.39, 0.29) is 24.5 Å². The number of fused-ring (bicyclic) bond motifs is 1. The average molecular weight is 379 g/mol. The molecule has 1 fully saturated rings. The molecule has 1 aliphatic carbocycles. The number of aryl methyl sites for hydroxylation is 1. The summed E-state index contributed by atoms with van der Waals surface area (Å²) in [6.45, 7) is 1.33. The minimum Gasteiger partial charge on any atom is -0.361 e. The lowest BCUT2D eigenvalue weighted by Crippen LogP contribution is -2.29. The van der Waals surface area contributed by atoms with Crippen LogP contribution in [0.2, 0.25) is 0 Å². The van der Waals surface area contributed by atoms with E-state index < -0.39 is 0 Å². The molecule has 0 spiro atoms. The molecule has 3 N–H and O–H groups in total. The molecule has 0 saturated carbocycles. The number of amides is 2. The maximum absolute atomic E-state index is 12.2. The summed E-state index contributed by atoms with van der Waals surface area (Å²) in [5, 5.41) is 13.0. The second-order valence-corrected chi connectivity index (χ2v) is 6.49. The monoisotopic (exact) mass is 378 g/mol. The highest BCUT2D eigenvalue weighted by Gasteiger charge is 2.20. The van der Waals surface area contributed by atoms with Crippen LogP contribution in [0.5, 0.6) is 0 Å². The van der Waals surface area contributed by atoms with Gasteiger partial charge in [0, 0.05) is 18.2 Å². The second kappa shape index (κ2) is 8.46. The maximum atomic E-state index is 12.2. The number of carbonyl (C=O) groups is 1. The van der Waals surface area contributed by atoms with E-state index in [1.54, 1.807) is 12.3 Å². The molecule has 26 heavy (non-hydrogen) atoms. The SMILES string of the molecule is Cl.O=C(NCc1noc2c1CCCC2)Nc1ccnc(C2CCCN2)n1. The van der Waals surface area contributed by atoms with Gasteiger partial charge in [0.25, 0.3) is 0 Å². The van der Waals surface area contributed by atoms with Crippen LogP contribution in [-0.4, -0.2) is 27.7 Å². The zero-order chi connectivity index (χ0) is 17.1. The van der Waals surface area contributed by atoms with Crippen LogP contribution in [0.4, 0.5) is 10.6 Å². The normalized spacial score (nSPS) is 18.7. The molecule has 2 aromatic rings. The van der Waals surface area contributed by atoms with Crippen molar-refractivity contribution in [3.8, 4) is 0 Å². The number of nitrogens with one attached hydrogen (secondary N) is 3. The Labute approximate surface area is 157 Å². The van der Waals surface area contributed by atoms with Crippen LogP contribution in [0, 0.1) is 0 Å². The fourth-order valence-corrected chi connectivity index (χ4v) is 3.43. The number of rotatable bonds is 4. The smallest absolute Gasteiger partial charge is 0.320 e. The van der Waals surface area contributed by atoms with Crippen molar-refractivity contribution in [3.63, 3.8) is 0 Å². The van der Waals surface area contributed by atoms with Crippen molar-refractivity contribution in [1.29, 1.82) is 0 Å². The quantitative estimate of drug-likeness (QED) is 0.755. The van der Waals surface area contributed by atoms with Gasteiger partial charge in [-0.3, -0.25) is 5.32 Å². The predicted octanol–water partition coefficient (Wildman–Crippen LogP) is 2.51. The summed E-state index contributed by atoms with van der Waals surface area (Å²) in [6, 6.07) is 1.55. The molecular weight excluding hydrogens is 356 g/mol. The lowest BCUT2D eigenvalue weighted by molar-refractivity contribution is 0.251. The molecule has 2 aromatic heterocycles. The predicted molar refractivity (Wildman–Crippen MR) is 98.3 cm³/mol. The van der Waals surface area contributed by atoms with Gasteiger partial charge >= 0.3 is 6.03 Å². The van der Waals surface area contributed by atoms with Crippen LogP contribution in [0.3, 0.4) is 0 Å². The summed E-state index contributed by atoms with van der Waals surface area (Å²) in [4.78, 5) is 20.9. The van der Waals surface area contributed by atoms with Crippen molar-refractivity contribution in [2.24, 2.45) is 0 Å². The van der Waals surface area contributed by atoms with Gasteiger partial charge in [0.1, 0.15) is 23.1 Å². The number of halogens is 1. The van der Waals surface area contributed by atoms with Crippen molar-refractivity contribution in [2.75, 3.05) is 11.9 Å². The van der Waals surface area contributed by atoms with E-state index in [1.165, 1.54) is 0 Å². The van der Waals surface area contributed by atoms with E-state index in [9.17, 15) is 4.79 Å². The number of hydrogen-bond acceptors (Lipinski definition) is 6. The van der Waals surface area contributed by atoms with Gasteiger partial charge in [0.15, 0.2) is 0 Å². The molecule has 8 nitrogen and oxygen atoms in total. The molecule has 0 aromatic carbocycles. The average Bonchev–Trinajstić information content (AvgIpc) is 3.30. The highest BCUT2D eigenvalue weighted by Crippen LogP contribution is 2.24. The van der Waals surface area contributed by atoms with Crippen LogP contribution in [0.15, 0.2) is 16.8 Å². The van der Waals surface area contributed by atoms with Gasteiger partial charge in [-0.2, -0.15) is 0 Å². The molecule has 4 rings (SSSR count). The van der Waals surface area contributed by atoms with E-state index >= 15 is 0 Å². The first-order valence-electron chi connectivity index (χ1n) is 8.87. The van der Waals surface area contributed by atoms with Gasteiger partial charge in [-0.05, 0) is 44.7 Å². The molecule has 1 saturated heterocycles. The number of aromatic nitrogens is 3. The third kappa shape index (κ3) is 4.13. The molecule has 1 aliphatic heterocycles. The van der Waals surface area contributed by atoms with Crippen molar-refractivity contribution >= 4 is 24.3 Å². The zero-order valence-electron chi connectivity index (χ0n) is 14.5. The molecule has 3 heterocycles. The fraction of sp³-hybridized carbons (Fsp3) is 0.529. The van der Waals surface area contributed by atoms with Gasteiger partial charge in [-0.1, -0.05) is 5.16 Å². The molecule has 140 valence electrons. The van der Waals surface area contributed by atoms with E-state index in [1.807, 2.05) is 0 Å². The molecule has 1 atom stereocenters. The number of nitrogens with zero attached hydrogens (tertiary/aromatic N) is 3. The van der Waals surface area contributed by atoms with E-state index in [4.69, 9.17) is 4.52 Å². The van der Waals surface area contributed by atoms with Crippen molar-refractivity contribution < 1.29 is 9.32 Å². The molecule has 1 unspecified atom stereocenters. The van der Waals surface area contributed by atoms with Gasteiger partial charge in [0.05, 0.1) is 12.6 Å². The fourth-order valence-electron chi connectivity index (χ4n) is 3.43. The first kappa shape index (κ1) is 18.6. The van der Waals surface area contributed by atoms with Crippen molar-refractivity contribution in [1.82, 2.24) is 25.8 Å². The van der Waals surface area contributed by atoms with Crippen molar-refractivity contribution in [3.05, 3.63) is 35.1 Å². The largest absolute Gasteiger partial charge is 0.361 e. The highest BCUT2D eigenvalue weighted by atomic mass is 35.5. The summed E-state index contributed by atoms with van der Waals surface area (Å²) in [7, 11) is 0. The second-order valence-electron chi connectivity index (χ2n) is 6.49. The third-order valence-corrected chi connectivity index (χ3v) is 4.74. The highest BCUT2D eigenvalue weighted by molar-refractivity contribution is 5.88. The van der Waals surface area contributed by atoms with Crippen LogP contribution in [0.1, 0.15) is 54.6 Å². The van der Waals surface area contributed by atoms with Crippen LogP contribution in [-0.2, 0) is 19.4 Å². The molecule has 2 amide bonds. The lowest BCUT2D eigenvalue weighted by Gasteiger charge is -2.11. The summed E-state index contributed by atoms with van der Waals surface area (Å²) >= 11 is 0. The Balaban J connectivity index is 0.00000196. The standard InChI is InChI=1S/C17H22N6O2.ClH/c24-17(20-10-13-11-4-1-2-6-14(11)25-23-13)22-15-7-9-19-16(21-15)12-5-3-8-18-12;/h7,9,12,18H,1-6,8,10H2,(H2,19,20,21,22,24);1H.